The van der Waals surface area contributed by atoms with Crippen molar-refractivity contribution >= 4 is 43.1 Å². The number of fused-ring (bicyclic) bond motifs is 5. The lowest BCUT2D eigenvalue weighted by Gasteiger charge is -2.24. The number of benzene rings is 13. The van der Waals surface area contributed by atoms with Crippen LogP contribution < -0.4 is 0 Å². The highest BCUT2D eigenvalue weighted by molar-refractivity contribution is 6.28. The fraction of sp³-hybridized carbons (Fsp3) is 0.0541. The molecule has 13 aromatic carbocycles. The van der Waals surface area contributed by atoms with Crippen molar-refractivity contribution in [3.8, 4) is 66.8 Å². The van der Waals surface area contributed by atoms with Crippen LogP contribution >= 0.6 is 0 Å². The summed E-state index contributed by atoms with van der Waals surface area (Å²) in [6.07, 6.45) is 0. The van der Waals surface area contributed by atoms with Gasteiger partial charge in [0.1, 0.15) is 0 Å². The van der Waals surface area contributed by atoms with E-state index in [1.54, 1.807) is 0 Å². The second-order valence-corrected chi connectivity index (χ2v) is 20.7. The van der Waals surface area contributed by atoms with Crippen LogP contribution in [0.15, 0.2) is 231 Å². The van der Waals surface area contributed by atoms with Gasteiger partial charge in [0.05, 0.1) is 0 Å². The first-order valence-corrected chi connectivity index (χ1v) is 26.1. The predicted molar refractivity (Wildman–Crippen MR) is 312 cm³/mol. The van der Waals surface area contributed by atoms with Gasteiger partial charge in [-0.15, -0.1) is 0 Å². The zero-order chi connectivity index (χ0) is 49.3. The molecule has 13 aromatic rings. The summed E-state index contributed by atoms with van der Waals surface area (Å²) in [6, 6.07) is 86.9. The maximum Gasteiger partial charge on any atom is -0.000116 e. The summed E-state index contributed by atoms with van der Waals surface area (Å²) in [7, 11) is 0. The van der Waals surface area contributed by atoms with Crippen LogP contribution in [-0.4, -0.2) is 0 Å². The highest BCUT2D eigenvalue weighted by Gasteiger charge is 2.29. The topological polar surface area (TPSA) is 0 Å². The molecule has 0 N–H and O–H groups in total. The number of hydrogen-bond acceptors (Lipinski definition) is 0. The van der Waals surface area contributed by atoms with Crippen LogP contribution in [0.5, 0.6) is 0 Å². The number of aryl methyl sites for hydroxylation is 4. The first-order valence-electron chi connectivity index (χ1n) is 26.1. The lowest BCUT2D eigenvalue weighted by atomic mass is 9.78. The molecule has 0 spiro atoms. The molecule has 74 heavy (non-hydrogen) atoms. The minimum atomic E-state index is 1.21. The average Bonchev–Trinajstić information content (AvgIpc) is 4.12. The molecule has 0 radical (unpaired) electrons. The van der Waals surface area contributed by atoms with Gasteiger partial charge in [0.25, 0.3) is 0 Å². The quantitative estimate of drug-likeness (QED) is 0.146. The Balaban J connectivity index is 1.31. The maximum absolute atomic E-state index is 2.50. The van der Waals surface area contributed by atoms with Crippen molar-refractivity contribution in [2.45, 2.75) is 27.7 Å². The van der Waals surface area contributed by atoms with Gasteiger partial charge in [0, 0.05) is 0 Å². The van der Waals surface area contributed by atoms with Crippen LogP contribution in [0, 0.1) is 69.4 Å². The molecule has 15 rings (SSSR count). The van der Waals surface area contributed by atoms with E-state index in [2.05, 4.69) is 258 Å². The van der Waals surface area contributed by atoms with E-state index in [0.29, 0.717) is 0 Å². The summed E-state index contributed by atoms with van der Waals surface area (Å²) in [4.78, 5) is 0. The number of rotatable bonds is 6. The molecule has 2 aliphatic carbocycles. The SMILES string of the molecule is Cc1cccc(C)c1-c1c2c(c(-c3c(C)cccc3C)c3ccccc13)=c1ccc3c4c(ccc=2c14)=c1c(-c2ccccc2)c2c(-c4ccccc4)c4ccccc4c(-c4ccccc4)c2c(-c2ccccc2)c1=3. The Labute approximate surface area is 429 Å². The van der Waals surface area contributed by atoms with Crippen LogP contribution in [0.4, 0.5) is 0 Å². The Morgan fingerprint density at radius 3 is 0.716 bits per heavy atom. The van der Waals surface area contributed by atoms with Gasteiger partial charge in [-0.3, -0.25) is 0 Å². The third kappa shape index (κ3) is 5.85. The molecule has 0 aliphatic heterocycles. The Kier molecular flexibility index (Phi) is 9.32. The van der Waals surface area contributed by atoms with Gasteiger partial charge in [-0.25, -0.2) is 0 Å². The Morgan fingerprint density at radius 2 is 0.419 bits per heavy atom. The van der Waals surface area contributed by atoms with Crippen molar-refractivity contribution in [1.29, 1.82) is 0 Å². The summed E-state index contributed by atoms with van der Waals surface area (Å²) in [6.45, 7) is 9.18. The minimum Gasteiger partial charge on any atom is -0.0622 e. The van der Waals surface area contributed by atoms with E-state index in [0.717, 1.165) is 0 Å². The van der Waals surface area contributed by atoms with E-state index in [-0.39, 0.29) is 0 Å². The van der Waals surface area contributed by atoms with Crippen LogP contribution in [0.1, 0.15) is 22.3 Å². The largest absolute Gasteiger partial charge is 0.0622 e. The fourth-order valence-electron chi connectivity index (χ4n) is 13.8. The summed E-state index contributed by atoms with van der Waals surface area (Å²) in [5.74, 6) is 0. The first kappa shape index (κ1) is 42.6. The molecular weight excluding hydrogens is 889 g/mol. The van der Waals surface area contributed by atoms with Gasteiger partial charge in [0.2, 0.25) is 0 Å². The zero-order valence-corrected chi connectivity index (χ0v) is 41.9. The summed E-state index contributed by atoms with van der Waals surface area (Å²) >= 11 is 0. The molecule has 0 nitrogen and oxygen atoms in total. The molecule has 0 aromatic heterocycles. The minimum absolute atomic E-state index is 1.21. The van der Waals surface area contributed by atoms with Gasteiger partial charge in [0.15, 0.2) is 0 Å². The third-order valence-corrected chi connectivity index (χ3v) is 16.6. The highest BCUT2D eigenvalue weighted by Crippen LogP contribution is 2.53. The molecule has 0 heterocycles. The molecule has 0 saturated heterocycles. The van der Waals surface area contributed by atoms with Crippen molar-refractivity contribution in [3.05, 3.63) is 295 Å². The first-order chi connectivity index (χ1) is 36.5. The molecule has 0 bridgehead atoms. The van der Waals surface area contributed by atoms with Crippen LogP contribution in [-0.2, 0) is 0 Å². The van der Waals surface area contributed by atoms with Gasteiger partial charge < -0.3 is 0 Å². The van der Waals surface area contributed by atoms with Crippen molar-refractivity contribution in [1.82, 2.24) is 0 Å². The summed E-state index contributed by atoms with van der Waals surface area (Å²) in [5.41, 5.74) is 20.4. The second kappa shape index (κ2) is 16.2. The van der Waals surface area contributed by atoms with Gasteiger partial charge in [-0.05, 0) is 202 Å². The fourth-order valence-corrected chi connectivity index (χ4v) is 13.8. The smallest absolute Gasteiger partial charge is 0.000116 e. The lowest BCUT2D eigenvalue weighted by molar-refractivity contribution is 1.35. The van der Waals surface area contributed by atoms with Gasteiger partial charge >= 0.3 is 0 Å². The standard InChI is InChI=1S/C74H50/c1-43-23-21-24-44(2)59(43)67-53-37-19-20-38-54(53)68(60-45(3)25-22-26-46(60)4)72-58-42-40-56-65-55(39-41-57(66(58)65)71(67)72)69-63(49-31-13-7-14-32-49)73-61(47-27-9-5-10-28-47)51-35-17-18-36-52(51)62(48-29-11-6-12-30-48)74(73)64(70(56)69)50-33-15-8-16-34-50/h5-42H,1-4H3. The van der Waals surface area contributed by atoms with Gasteiger partial charge in [-0.1, -0.05) is 231 Å². The molecule has 0 atom stereocenters. The van der Waals surface area contributed by atoms with Crippen LogP contribution in [0.25, 0.3) is 110 Å². The molecular formula is C74H50. The Hall–Kier alpha value is -9.10. The molecule has 0 fully saturated rings. The molecule has 2 aliphatic rings. The third-order valence-electron chi connectivity index (χ3n) is 16.6. The Bertz CT molecular complexity index is 4650. The lowest BCUT2D eigenvalue weighted by Crippen LogP contribution is -1.98. The highest BCUT2D eigenvalue weighted by atomic mass is 14.3. The average molecular weight is 939 g/mol. The van der Waals surface area contributed by atoms with Crippen LogP contribution in [0.3, 0.4) is 0 Å². The van der Waals surface area contributed by atoms with E-state index < -0.39 is 0 Å². The van der Waals surface area contributed by atoms with E-state index in [9.17, 15) is 0 Å². The van der Waals surface area contributed by atoms with E-state index in [1.165, 1.54) is 174 Å². The van der Waals surface area contributed by atoms with E-state index in [1.807, 2.05) is 0 Å². The van der Waals surface area contributed by atoms with E-state index in [4.69, 9.17) is 0 Å². The maximum atomic E-state index is 2.50. The van der Waals surface area contributed by atoms with Crippen molar-refractivity contribution in [2.24, 2.45) is 0 Å². The summed E-state index contributed by atoms with van der Waals surface area (Å²) in [5, 5.41) is 20.8. The molecule has 0 amide bonds. The second-order valence-electron chi connectivity index (χ2n) is 20.7. The molecule has 346 valence electrons. The molecule has 0 heteroatoms. The van der Waals surface area contributed by atoms with Crippen molar-refractivity contribution in [2.75, 3.05) is 0 Å². The summed E-state index contributed by atoms with van der Waals surface area (Å²) < 4.78 is 0. The normalized spacial score (nSPS) is 12.1. The molecule has 0 saturated carbocycles. The van der Waals surface area contributed by atoms with Crippen LogP contribution in [0.2, 0.25) is 0 Å². The van der Waals surface area contributed by atoms with Gasteiger partial charge in [-0.2, -0.15) is 0 Å². The monoisotopic (exact) mass is 938 g/mol. The van der Waals surface area contributed by atoms with Crippen molar-refractivity contribution < 1.29 is 0 Å². The molecule has 0 unspecified atom stereocenters. The number of hydrogen-bond donors (Lipinski definition) is 0. The van der Waals surface area contributed by atoms with E-state index >= 15 is 0 Å². The predicted octanol–water partition coefficient (Wildman–Crippen LogP) is 19.3. The Morgan fingerprint density at radius 1 is 0.176 bits per heavy atom. The van der Waals surface area contributed by atoms with Crippen molar-refractivity contribution in [3.63, 3.8) is 0 Å². The zero-order valence-electron chi connectivity index (χ0n) is 41.9.